The van der Waals surface area contributed by atoms with E-state index in [1.54, 1.807) is 24.3 Å². The van der Waals surface area contributed by atoms with Crippen LogP contribution in [0, 0.1) is 23.0 Å². The minimum Gasteiger partial charge on any atom is -0.352 e. The van der Waals surface area contributed by atoms with Gasteiger partial charge in [-0.25, -0.2) is 8.42 Å². The molecule has 0 saturated carbocycles. The summed E-state index contributed by atoms with van der Waals surface area (Å²) in [4.78, 5) is 23.7. The molecule has 1 N–H and O–H groups in total. The van der Waals surface area contributed by atoms with Gasteiger partial charge in [-0.3, -0.25) is 14.9 Å². The molecular formula is C18H21N3O5S2. The van der Waals surface area contributed by atoms with Crippen molar-refractivity contribution in [3.05, 3.63) is 57.0 Å². The first kappa shape index (κ1) is 20.4. The monoisotopic (exact) mass is 423 g/mol. The number of amides is 1. The zero-order chi connectivity index (χ0) is 20.3. The zero-order valence-corrected chi connectivity index (χ0v) is 17.0. The molecule has 1 aliphatic rings. The Hall–Kier alpha value is -2.30. The van der Waals surface area contributed by atoms with Crippen LogP contribution in [-0.4, -0.2) is 36.6 Å². The standard InChI is InChI=1S/C18H21N3O5S2/c1-13-4-9-17(27-13)28(25,26)20-10-2-3-15(12-20)18(22)19-11-14-5-7-16(8-6-14)21(23)24/h4-9,15H,2-3,10-12H2,1H3,(H,19,22). The number of benzene rings is 1. The van der Waals surface area contributed by atoms with Gasteiger partial charge in [0.2, 0.25) is 5.91 Å². The fourth-order valence-electron chi connectivity index (χ4n) is 3.12. The molecule has 1 amide bonds. The van der Waals surface area contributed by atoms with Crippen LogP contribution in [0.5, 0.6) is 0 Å². The normalized spacial score (nSPS) is 18.0. The van der Waals surface area contributed by atoms with Crippen molar-refractivity contribution in [2.75, 3.05) is 13.1 Å². The summed E-state index contributed by atoms with van der Waals surface area (Å²) in [6.45, 7) is 2.66. The number of sulfonamides is 1. The predicted molar refractivity (Wildman–Crippen MR) is 105 cm³/mol. The molecule has 0 aliphatic carbocycles. The lowest BCUT2D eigenvalue weighted by Gasteiger charge is -2.30. The number of nitro groups is 1. The fraction of sp³-hybridized carbons (Fsp3) is 0.389. The number of non-ortho nitro benzene ring substituents is 1. The molecule has 1 aliphatic heterocycles. The Balaban J connectivity index is 1.60. The van der Waals surface area contributed by atoms with Gasteiger partial charge >= 0.3 is 0 Å². The van der Waals surface area contributed by atoms with Crippen molar-refractivity contribution in [3.8, 4) is 0 Å². The molecule has 2 heterocycles. The number of rotatable bonds is 6. The molecule has 1 saturated heterocycles. The number of thiophene rings is 1. The topological polar surface area (TPSA) is 110 Å². The van der Waals surface area contributed by atoms with Crippen LogP contribution in [0.1, 0.15) is 23.3 Å². The maximum absolute atomic E-state index is 12.8. The van der Waals surface area contributed by atoms with E-state index in [1.165, 1.54) is 27.8 Å². The first-order chi connectivity index (χ1) is 13.3. The van der Waals surface area contributed by atoms with Crippen molar-refractivity contribution in [1.82, 2.24) is 9.62 Å². The number of piperidine rings is 1. The van der Waals surface area contributed by atoms with E-state index in [0.717, 1.165) is 10.4 Å². The molecule has 28 heavy (non-hydrogen) atoms. The molecule has 1 fully saturated rings. The summed E-state index contributed by atoms with van der Waals surface area (Å²) in [6.07, 6.45) is 1.25. The number of carbonyl (C=O) groups is 1. The molecule has 0 radical (unpaired) electrons. The highest BCUT2D eigenvalue weighted by Gasteiger charge is 2.33. The van der Waals surface area contributed by atoms with E-state index >= 15 is 0 Å². The molecule has 1 aromatic heterocycles. The molecule has 8 nitrogen and oxygen atoms in total. The number of carbonyl (C=O) groups excluding carboxylic acids is 1. The quantitative estimate of drug-likeness (QED) is 0.567. The third kappa shape index (κ3) is 4.57. The lowest BCUT2D eigenvalue weighted by atomic mass is 9.99. The van der Waals surface area contributed by atoms with E-state index in [4.69, 9.17) is 0 Å². The molecule has 150 valence electrons. The van der Waals surface area contributed by atoms with Crippen molar-refractivity contribution in [2.45, 2.75) is 30.5 Å². The highest BCUT2D eigenvalue weighted by atomic mass is 32.2. The van der Waals surface area contributed by atoms with Crippen LogP contribution < -0.4 is 5.32 Å². The van der Waals surface area contributed by atoms with Gasteiger partial charge in [-0.15, -0.1) is 11.3 Å². The van der Waals surface area contributed by atoms with Gasteiger partial charge in [0.15, 0.2) is 0 Å². The Kier molecular flexibility index (Phi) is 6.11. The van der Waals surface area contributed by atoms with E-state index in [-0.39, 0.29) is 24.7 Å². The first-order valence-electron chi connectivity index (χ1n) is 8.85. The number of nitrogens with zero attached hydrogens (tertiary/aromatic N) is 2. The number of nitrogens with one attached hydrogen (secondary N) is 1. The first-order valence-corrected chi connectivity index (χ1v) is 11.1. The summed E-state index contributed by atoms with van der Waals surface area (Å²) in [6, 6.07) is 9.34. The number of aryl methyl sites for hydroxylation is 1. The summed E-state index contributed by atoms with van der Waals surface area (Å²) in [5.41, 5.74) is 0.736. The van der Waals surface area contributed by atoms with Crippen molar-refractivity contribution < 1.29 is 18.1 Å². The molecule has 1 unspecified atom stereocenters. The van der Waals surface area contributed by atoms with Crippen LogP contribution in [-0.2, 0) is 21.4 Å². The van der Waals surface area contributed by atoms with Crippen LogP contribution in [0.3, 0.4) is 0 Å². The highest BCUT2D eigenvalue weighted by Crippen LogP contribution is 2.28. The van der Waals surface area contributed by atoms with E-state index in [9.17, 15) is 23.3 Å². The van der Waals surface area contributed by atoms with E-state index in [0.29, 0.717) is 23.6 Å². The maximum atomic E-state index is 12.8. The van der Waals surface area contributed by atoms with Crippen molar-refractivity contribution in [1.29, 1.82) is 0 Å². The Morgan fingerprint density at radius 1 is 1.29 bits per heavy atom. The van der Waals surface area contributed by atoms with Gasteiger partial charge in [0.05, 0.1) is 10.8 Å². The third-order valence-corrected chi connectivity index (χ3v) is 8.01. The van der Waals surface area contributed by atoms with Gasteiger partial charge < -0.3 is 5.32 Å². The third-order valence-electron chi connectivity index (χ3n) is 4.68. The van der Waals surface area contributed by atoms with Gasteiger partial charge in [-0.05, 0) is 37.5 Å². The Bertz CT molecular complexity index is 969. The van der Waals surface area contributed by atoms with Crippen molar-refractivity contribution in [2.24, 2.45) is 5.92 Å². The molecule has 0 bridgehead atoms. The van der Waals surface area contributed by atoms with Gasteiger partial charge in [0.1, 0.15) is 4.21 Å². The highest BCUT2D eigenvalue weighted by molar-refractivity contribution is 7.91. The molecule has 2 aromatic rings. The fourth-order valence-corrected chi connectivity index (χ4v) is 6.08. The smallest absolute Gasteiger partial charge is 0.269 e. The van der Waals surface area contributed by atoms with E-state index in [1.807, 2.05) is 6.92 Å². The molecule has 1 aromatic carbocycles. The van der Waals surface area contributed by atoms with Gasteiger partial charge in [0, 0.05) is 36.6 Å². The summed E-state index contributed by atoms with van der Waals surface area (Å²) in [5.74, 6) is -0.622. The summed E-state index contributed by atoms with van der Waals surface area (Å²) in [7, 11) is -3.58. The van der Waals surface area contributed by atoms with Crippen molar-refractivity contribution >= 4 is 33.0 Å². The van der Waals surface area contributed by atoms with Gasteiger partial charge in [-0.1, -0.05) is 12.1 Å². The summed E-state index contributed by atoms with van der Waals surface area (Å²) >= 11 is 1.23. The zero-order valence-electron chi connectivity index (χ0n) is 15.3. The predicted octanol–water partition coefficient (Wildman–Crippen LogP) is 2.68. The average molecular weight is 424 g/mol. The second-order valence-corrected chi connectivity index (χ2v) is 10.2. The number of nitro benzene ring substituents is 1. The molecular weight excluding hydrogens is 402 g/mol. The maximum Gasteiger partial charge on any atom is 0.269 e. The van der Waals surface area contributed by atoms with Crippen LogP contribution in [0.2, 0.25) is 0 Å². The SMILES string of the molecule is Cc1ccc(S(=O)(=O)N2CCCC(C(=O)NCc3ccc([N+](=O)[O-])cc3)C2)s1. The molecule has 10 heteroatoms. The number of hydrogen-bond donors (Lipinski definition) is 1. The van der Waals surface area contributed by atoms with Crippen LogP contribution >= 0.6 is 11.3 Å². The second kappa shape index (κ2) is 8.38. The molecule has 1 atom stereocenters. The minimum atomic E-state index is -3.58. The number of hydrogen-bond acceptors (Lipinski definition) is 6. The molecule has 3 rings (SSSR count). The molecule has 0 spiro atoms. The van der Waals surface area contributed by atoms with Crippen molar-refractivity contribution in [3.63, 3.8) is 0 Å². The minimum absolute atomic E-state index is 0.00739. The van der Waals surface area contributed by atoms with Crippen LogP contribution in [0.4, 0.5) is 5.69 Å². The summed E-state index contributed by atoms with van der Waals surface area (Å²) in [5, 5.41) is 13.5. The van der Waals surface area contributed by atoms with Crippen LogP contribution in [0.25, 0.3) is 0 Å². The Morgan fingerprint density at radius 2 is 2.00 bits per heavy atom. The second-order valence-electron chi connectivity index (χ2n) is 6.71. The lowest BCUT2D eigenvalue weighted by Crippen LogP contribution is -2.45. The average Bonchev–Trinajstić information content (AvgIpc) is 3.13. The van der Waals surface area contributed by atoms with Gasteiger partial charge in [-0.2, -0.15) is 4.31 Å². The summed E-state index contributed by atoms with van der Waals surface area (Å²) < 4.78 is 27.3. The Labute approximate surface area is 167 Å². The Morgan fingerprint density at radius 3 is 2.61 bits per heavy atom. The largest absolute Gasteiger partial charge is 0.352 e. The lowest BCUT2D eigenvalue weighted by molar-refractivity contribution is -0.384. The van der Waals surface area contributed by atoms with E-state index < -0.39 is 20.9 Å². The van der Waals surface area contributed by atoms with Crippen LogP contribution in [0.15, 0.2) is 40.6 Å². The van der Waals surface area contributed by atoms with E-state index in [2.05, 4.69) is 5.32 Å². The van der Waals surface area contributed by atoms with Gasteiger partial charge in [0.25, 0.3) is 15.7 Å².